The minimum Gasteiger partial charge on any atom is -0.374 e. The third-order valence-corrected chi connectivity index (χ3v) is 3.19. The van der Waals surface area contributed by atoms with Crippen LogP contribution in [0.25, 0.3) is 0 Å². The molecule has 4 nitrogen and oxygen atoms in total. The minimum absolute atomic E-state index is 0.602. The summed E-state index contributed by atoms with van der Waals surface area (Å²) in [5, 5.41) is 2.64. The molecule has 1 aliphatic heterocycles. The van der Waals surface area contributed by atoms with E-state index in [0.717, 1.165) is 0 Å². The Bertz CT molecular complexity index is 583. The molecular weight excluding hydrogens is 242 g/mol. The normalized spacial score (nSPS) is 16.8. The van der Waals surface area contributed by atoms with Crippen LogP contribution in [0.2, 0.25) is 0 Å². The molecule has 0 spiro atoms. The van der Waals surface area contributed by atoms with Crippen LogP contribution in [-0.4, -0.2) is 12.1 Å². The van der Waals surface area contributed by atoms with E-state index in [9.17, 15) is 9.59 Å². The Hall–Kier alpha value is -2.62. The molecule has 19 heavy (non-hydrogen) atoms. The Labute approximate surface area is 110 Å². The van der Waals surface area contributed by atoms with Crippen LogP contribution in [0.5, 0.6) is 0 Å². The molecule has 1 N–H and O–H groups in total. The lowest BCUT2D eigenvalue weighted by atomic mass is 9.83. The van der Waals surface area contributed by atoms with Crippen molar-refractivity contribution in [2.24, 2.45) is 0 Å². The summed E-state index contributed by atoms with van der Waals surface area (Å²) in [7, 11) is 0. The van der Waals surface area contributed by atoms with Crippen molar-refractivity contribution >= 4 is 12.1 Å². The van der Waals surface area contributed by atoms with E-state index in [1.807, 2.05) is 36.4 Å². The number of hydrogen-bond acceptors (Lipinski definition) is 3. The van der Waals surface area contributed by atoms with Crippen LogP contribution in [0.1, 0.15) is 11.1 Å². The van der Waals surface area contributed by atoms with Crippen molar-refractivity contribution in [2.75, 3.05) is 0 Å². The lowest BCUT2D eigenvalue weighted by Crippen LogP contribution is -2.44. The lowest BCUT2D eigenvalue weighted by molar-refractivity contribution is -0.138. The fraction of sp³-hybridized carbons (Fsp3) is 0.0667. The van der Waals surface area contributed by atoms with Gasteiger partial charge in [-0.2, -0.15) is 0 Å². The Kier molecular flexibility index (Phi) is 2.56. The third kappa shape index (κ3) is 1.69. The maximum Gasteiger partial charge on any atom is 0.416 e. The van der Waals surface area contributed by atoms with E-state index in [-0.39, 0.29) is 0 Å². The quantitative estimate of drug-likeness (QED) is 0.659. The molecule has 0 aromatic heterocycles. The van der Waals surface area contributed by atoms with E-state index >= 15 is 0 Å². The van der Waals surface area contributed by atoms with Crippen LogP contribution in [-0.2, 0) is 15.1 Å². The molecule has 1 saturated heterocycles. The van der Waals surface area contributed by atoms with Gasteiger partial charge in [0.1, 0.15) is 0 Å². The van der Waals surface area contributed by atoms with Gasteiger partial charge in [-0.3, -0.25) is 5.32 Å². The van der Waals surface area contributed by atoms with E-state index < -0.39 is 17.6 Å². The topological polar surface area (TPSA) is 55.4 Å². The molecule has 0 unspecified atom stereocenters. The molecule has 2 aromatic rings. The average molecular weight is 253 g/mol. The van der Waals surface area contributed by atoms with Crippen molar-refractivity contribution in [2.45, 2.75) is 5.54 Å². The zero-order valence-corrected chi connectivity index (χ0v) is 10.00. The smallest absolute Gasteiger partial charge is 0.374 e. The zero-order valence-electron chi connectivity index (χ0n) is 10.00. The Morgan fingerprint density at radius 3 is 1.63 bits per heavy atom. The van der Waals surface area contributed by atoms with Gasteiger partial charge in [-0.15, -0.1) is 0 Å². The predicted molar refractivity (Wildman–Crippen MR) is 68.3 cm³/mol. The van der Waals surface area contributed by atoms with E-state index in [0.29, 0.717) is 11.1 Å². The van der Waals surface area contributed by atoms with Gasteiger partial charge in [0.25, 0.3) is 0 Å². The van der Waals surface area contributed by atoms with Crippen molar-refractivity contribution < 1.29 is 14.3 Å². The highest BCUT2D eigenvalue weighted by Gasteiger charge is 2.51. The van der Waals surface area contributed by atoms with Gasteiger partial charge in [0.2, 0.25) is 0 Å². The molecule has 1 heterocycles. The van der Waals surface area contributed by atoms with Gasteiger partial charge in [0.05, 0.1) is 0 Å². The maximum absolute atomic E-state index is 12.2. The molecule has 94 valence electrons. The molecule has 4 heteroatoms. The summed E-state index contributed by atoms with van der Waals surface area (Å²) in [4.78, 5) is 23.7. The molecular formula is C15H11NO3. The summed E-state index contributed by atoms with van der Waals surface area (Å²) in [6.07, 6.45) is -0.724. The summed E-state index contributed by atoms with van der Waals surface area (Å²) < 4.78 is 4.70. The lowest BCUT2D eigenvalue weighted by Gasteiger charge is -2.25. The second-order valence-electron chi connectivity index (χ2n) is 4.28. The van der Waals surface area contributed by atoms with Crippen LogP contribution >= 0.6 is 0 Å². The number of carbonyl (C=O) groups is 2. The second-order valence-corrected chi connectivity index (χ2v) is 4.28. The summed E-state index contributed by atoms with van der Waals surface area (Å²) >= 11 is 0. The van der Waals surface area contributed by atoms with Crippen molar-refractivity contribution in [3.05, 3.63) is 71.8 Å². The Morgan fingerprint density at radius 2 is 1.26 bits per heavy atom. The molecule has 2 aromatic carbocycles. The van der Waals surface area contributed by atoms with E-state index in [1.165, 1.54) is 0 Å². The van der Waals surface area contributed by atoms with Gasteiger partial charge in [-0.1, -0.05) is 60.7 Å². The molecule has 0 bridgehead atoms. The second kappa shape index (κ2) is 4.24. The first-order chi connectivity index (χ1) is 9.23. The highest BCUT2D eigenvalue weighted by molar-refractivity contribution is 6.02. The van der Waals surface area contributed by atoms with Crippen LogP contribution in [0, 0.1) is 0 Å². The predicted octanol–water partition coefficient (Wildman–Crippen LogP) is 2.20. The van der Waals surface area contributed by atoms with E-state index in [2.05, 4.69) is 5.32 Å². The molecule has 0 aliphatic carbocycles. The van der Waals surface area contributed by atoms with Gasteiger partial charge < -0.3 is 4.74 Å². The number of esters is 1. The first-order valence-corrected chi connectivity index (χ1v) is 5.89. The van der Waals surface area contributed by atoms with Crippen molar-refractivity contribution in [3.8, 4) is 0 Å². The Morgan fingerprint density at radius 1 is 0.789 bits per heavy atom. The summed E-state index contributed by atoms with van der Waals surface area (Å²) in [5.74, 6) is -0.602. The standard InChI is InChI=1S/C15H11NO3/c17-13-15(16-14(18)19-13,11-7-3-1-4-8-11)12-9-5-2-6-10-12/h1-10H,(H,16,18). The van der Waals surface area contributed by atoms with Crippen LogP contribution in [0.3, 0.4) is 0 Å². The fourth-order valence-corrected chi connectivity index (χ4v) is 2.31. The van der Waals surface area contributed by atoms with Gasteiger partial charge in [0.15, 0.2) is 5.54 Å². The van der Waals surface area contributed by atoms with Gasteiger partial charge in [-0.05, 0) is 11.1 Å². The van der Waals surface area contributed by atoms with Crippen LogP contribution in [0.15, 0.2) is 60.7 Å². The molecule has 0 saturated carbocycles. The molecule has 0 radical (unpaired) electrons. The summed E-state index contributed by atoms with van der Waals surface area (Å²) in [5.41, 5.74) is 0.105. The van der Waals surface area contributed by atoms with Crippen LogP contribution < -0.4 is 5.32 Å². The number of alkyl carbamates (subject to hydrolysis) is 1. The number of ether oxygens (including phenoxy) is 1. The summed E-state index contributed by atoms with van der Waals surface area (Å²) in [6, 6.07) is 18.1. The van der Waals surface area contributed by atoms with Gasteiger partial charge in [-0.25, -0.2) is 9.59 Å². The maximum atomic E-state index is 12.2. The number of rotatable bonds is 2. The first kappa shape index (κ1) is 11.5. The molecule has 1 aliphatic rings. The molecule has 1 fully saturated rings. The van der Waals surface area contributed by atoms with Crippen molar-refractivity contribution in [3.63, 3.8) is 0 Å². The Balaban J connectivity index is 2.23. The van der Waals surface area contributed by atoms with Gasteiger partial charge in [0, 0.05) is 0 Å². The number of hydrogen-bond donors (Lipinski definition) is 1. The fourth-order valence-electron chi connectivity index (χ4n) is 2.31. The van der Waals surface area contributed by atoms with E-state index in [1.54, 1.807) is 24.3 Å². The number of nitrogens with one attached hydrogen (secondary N) is 1. The SMILES string of the molecule is O=C1NC(c2ccccc2)(c2ccccc2)C(=O)O1. The zero-order chi connectivity index (χ0) is 13.3. The van der Waals surface area contributed by atoms with Crippen molar-refractivity contribution in [1.82, 2.24) is 5.32 Å². The summed E-state index contributed by atoms with van der Waals surface area (Å²) in [6.45, 7) is 0. The third-order valence-electron chi connectivity index (χ3n) is 3.19. The van der Waals surface area contributed by atoms with Crippen molar-refractivity contribution in [1.29, 1.82) is 0 Å². The number of cyclic esters (lactones) is 2. The highest BCUT2D eigenvalue weighted by Crippen LogP contribution is 2.34. The monoisotopic (exact) mass is 253 g/mol. The number of carbonyl (C=O) groups excluding carboxylic acids is 2. The highest BCUT2D eigenvalue weighted by atomic mass is 16.6. The molecule has 3 rings (SSSR count). The number of benzene rings is 2. The van der Waals surface area contributed by atoms with E-state index in [4.69, 9.17) is 4.74 Å². The average Bonchev–Trinajstić information content (AvgIpc) is 2.76. The van der Waals surface area contributed by atoms with Gasteiger partial charge >= 0.3 is 12.1 Å². The molecule has 0 atom stereocenters. The molecule has 1 amide bonds. The largest absolute Gasteiger partial charge is 0.416 e. The first-order valence-electron chi connectivity index (χ1n) is 5.89. The number of amides is 1. The van der Waals surface area contributed by atoms with Crippen LogP contribution in [0.4, 0.5) is 4.79 Å². The minimum atomic E-state index is -1.25.